The Bertz CT molecular complexity index is 1230. The first-order valence-electron chi connectivity index (χ1n) is 8.51. The molecule has 0 saturated heterocycles. The Morgan fingerprint density at radius 3 is 2.89 bits per heavy atom. The van der Waals surface area contributed by atoms with Gasteiger partial charge in [0.15, 0.2) is 0 Å². The van der Waals surface area contributed by atoms with E-state index < -0.39 is 5.82 Å². The SMILES string of the molecule is CCc1cccc(NC(=O)Cn2cnc3c(sc4cccc(F)c43)c2=O)c1. The molecule has 4 aromatic rings. The van der Waals surface area contributed by atoms with Crippen LogP contribution in [0, 0.1) is 5.82 Å². The lowest BCUT2D eigenvalue weighted by molar-refractivity contribution is -0.116. The Morgan fingerprint density at radius 2 is 2.07 bits per heavy atom. The maximum Gasteiger partial charge on any atom is 0.271 e. The fourth-order valence-corrected chi connectivity index (χ4v) is 4.13. The second-order valence-electron chi connectivity index (χ2n) is 6.17. The van der Waals surface area contributed by atoms with Gasteiger partial charge in [-0.3, -0.25) is 14.2 Å². The van der Waals surface area contributed by atoms with E-state index in [1.54, 1.807) is 18.2 Å². The molecule has 0 aliphatic heterocycles. The third-order valence-electron chi connectivity index (χ3n) is 4.35. The minimum Gasteiger partial charge on any atom is -0.325 e. The predicted octanol–water partition coefficient (Wildman–Crippen LogP) is 3.95. The monoisotopic (exact) mass is 381 g/mol. The normalized spacial score (nSPS) is 11.2. The summed E-state index contributed by atoms with van der Waals surface area (Å²) in [7, 11) is 0. The summed E-state index contributed by atoms with van der Waals surface area (Å²) in [6.07, 6.45) is 2.16. The number of carbonyl (C=O) groups is 1. The molecular formula is C20H16FN3O2S. The molecule has 0 aliphatic carbocycles. The standard InChI is InChI=1S/C20H16FN3O2S/c1-2-12-5-3-6-13(9-12)23-16(25)10-24-11-22-18-17-14(21)7-4-8-15(17)27-19(18)20(24)26/h3-9,11H,2,10H2,1H3,(H,23,25). The number of hydrogen-bond acceptors (Lipinski definition) is 4. The number of amides is 1. The number of fused-ring (bicyclic) bond motifs is 3. The van der Waals surface area contributed by atoms with E-state index in [1.165, 1.54) is 28.3 Å². The zero-order valence-electron chi connectivity index (χ0n) is 14.5. The lowest BCUT2D eigenvalue weighted by atomic mass is 10.1. The van der Waals surface area contributed by atoms with E-state index >= 15 is 0 Å². The highest BCUT2D eigenvalue weighted by atomic mass is 32.1. The van der Waals surface area contributed by atoms with Gasteiger partial charge in [-0.05, 0) is 36.2 Å². The fourth-order valence-electron chi connectivity index (χ4n) is 3.01. The number of benzene rings is 2. The Balaban J connectivity index is 1.65. The minimum atomic E-state index is -0.406. The molecule has 0 atom stereocenters. The Hall–Kier alpha value is -3.06. The van der Waals surface area contributed by atoms with Gasteiger partial charge in [0.05, 0.1) is 17.2 Å². The van der Waals surface area contributed by atoms with Crippen LogP contribution >= 0.6 is 11.3 Å². The van der Waals surface area contributed by atoms with Crippen LogP contribution in [0.5, 0.6) is 0 Å². The first kappa shape index (κ1) is 17.4. The molecule has 0 spiro atoms. The van der Waals surface area contributed by atoms with Gasteiger partial charge < -0.3 is 5.32 Å². The summed E-state index contributed by atoms with van der Waals surface area (Å²) in [5.74, 6) is -0.726. The second-order valence-corrected chi connectivity index (χ2v) is 7.22. The van der Waals surface area contributed by atoms with E-state index in [4.69, 9.17) is 0 Å². The molecule has 5 nitrogen and oxygen atoms in total. The highest BCUT2D eigenvalue weighted by Gasteiger charge is 2.15. The van der Waals surface area contributed by atoms with Crippen LogP contribution in [0.4, 0.5) is 10.1 Å². The number of thiophene rings is 1. The van der Waals surface area contributed by atoms with Gasteiger partial charge in [-0.15, -0.1) is 11.3 Å². The van der Waals surface area contributed by atoms with Crippen molar-refractivity contribution in [2.45, 2.75) is 19.9 Å². The number of halogens is 1. The number of nitrogens with one attached hydrogen (secondary N) is 1. The van der Waals surface area contributed by atoms with Gasteiger partial charge in [-0.2, -0.15) is 0 Å². The van der Waals surface area contributed by atoms with Gasteiger partial charge in [0.2, 0.25) is 5.91 Å². The Kier molecular flexibility index (Phi) is 4.45. The van der Waals surface area contributed by atoms with Crippen molar-refractivity contribution in [3.05, 3.63) is 70.5 Å². The second kappa shape index (κ2) is 6.92. The van der Waals surface area contributed by atoms with Gasteiger partial charge in [-0.25, -0.2) is 9.37 Å². The van der Waals surface area contributed by atoms with Crippen molar-refractivity contribution in [2.24, 2.45) is 0 Å². The van der Waals surface area contributed by atoms with Crippen LogP contribution in [0.3, 0.4) is 0 Å². The van der Waals surface area contributed by atoms with Crippen LogP contribution < -0.4 is 10.9 Å². The number of aryl methyl sites for hydroxylation is 1. The molecule has 0 unspecified atom stereocenters. The van der Waals surface area contributed by atoms with Crippen molar-refractivity contribution in [1.82, 2.24) is 9.55 Å². The third kappa shape index (κ3) is 3.21. The van der Waals surface area contributed by atoms with E-state index in [-0.39, 0.29) is 18.0 Å². The molecule has 1 N–H and O–H groups in total. The first-order valence-corrected chi connectivity index (χ1v) is 9.33. The van der Waals surface area contributed by atoms with Crippen molar-refractivity contribution >= 4 is 43.2 Å². The van der Waals surface area contributed by atoms with Crippen LogP contribution in [0.2, 0.25) is 0 Å². The molecule has 27 heavy (non-hydrogen) atoms. The Morgan fingerprint density at radius 1 is 1.26 bits per heavy atom. The quantitative estimate of drug-likeness (QED) is 0.582. The molecule has 136 valence electrons. The van der Waals surface area contributed by atoms with Crippen LogP contribution in [0.25, 0.3) is 20.3 Å². The Labute approximate surface area is 158 Å². The summed E-state index contributed by atoms with van der Waals surface area (Å²) in [6, 6.07) is 12.3. The average molecular weight is 381 g/mol. The first-order chi connectivity index (χ1) is 13.1. The smallest absolute Gasteiger partial charge is 0.271 e. The molecule has 0 fully saturated rings. The summed E-state index contributed by atoms with van der Waals surface area (Å²) in [4.78, 5) is 29.3. The van der Waals surface area contributed by atoms with E-state index in [2.05, 4.69) is 10.3 Å². The van der Waals surface area contributed by atoms with E-state index in [1.807, 2.05) is 25.1 Å². The molecule has 7 heteroatoms. The highest BCUT2D eigenvalue weighted by Crippen LogP contribution is 2.31. The molecule has 0 radical (unpaired) electrons. The number of hydrogen-bond donors (Lipinski definition) is 1. The number of aromatic nitrogens is 2. The molecule has 2 aromatic heterocycles. The molecule has 4 rings (SSSR count). The van der Waals surface area contributed by atoms with Crippen molar-refractivity contribution in [1.29, 1.82) is 0 Å². The number of nitrogens with zero attached hydrogens (tertiary/aromatic N) is 2. The number of carbonyl (C=O) groups excluding carboxylic acids is 1. The van der Waals surface area contributed by atoms with Crippen LogP contribution in [-0.2, 0) is 17.8 Å². The summed E-state index contributed by atoms with van der Waals surface area (Å²) in [6.45, 7) is 1.88. The predicted molar refractivity (Wildman–Crippen MR) is 106 cm³/mol. The van der Waals surface area contributed by atoms with Gasteiger partial charge in [0.1, 0.15) is 17.1 Å². The largest absolute Gasteiger partial charge is 0.325 e. The fraction of sp³-hybridized carbons (Fsp3) is 0.150. The highest BCUT2D eigenvalue weighted by molar-refractivity contribution is 7.25. The summed E-state index contributed by atoms with van der Waals surface area (Å²) in [5, 5.41) is 3.14. The lowest BCUT2D eigenvalue weighted by Gasteiger charge is -2.08. The van der Waals surface area contributed by atoms with E-state index in [0.717, 1.165) is 12.0 Å². The van der Waals surface area contributed by atoms with Gasteiger partial charge >= 0.3 is 0 Å². The number of rotatable bonds is 4. The lowest BCUT2D eigenvalue weighted by Crippen LogP contribution is -2.27. The van der Waals surface area contributed by atoms with Crippen molar-refractivity contribution in [3.8, 4) is 0 Å². The van der Waals surface area contributed by atoms with Gasteiger partial charge in [0, 0.05) is 10.4 Å². The van der Waals surface area contributed by atoms with Gasteiger partial charge in [-0.1, -0.05) is 25.1 Å². The summed E-state index contributed by atoms with van der Waals surface area (Å²) >= 11 is 1.19. The molecule has 2 aromatic carbocycles. The molecule has 0 saturated carbocycles. The number of anilines is 1. The maximum absolute atomic E-state index is 14.1. The van der Waals surface area contributed by atoms with Crippen LogP contribution in [0.15, 0.2) is 53.6 Å². The molecule has 0 aliphatic rings. The van der Waals surface area contributed by atoms with Crippen LogP contribution in [0.1, 0.15) is 12.5 Å². The molecule has 1 amide bonds. The summed E-state index contributed by atoms with van der Waals surface area (Å²) < 4.78 is 16.3. The topological polar surface area (TPSA) is 64.0 Å². The molecule has 2 heterocycles. The molecular weight excluding hydrogens is 365 g/mol. The van der Waals surface area contributed by atoms with Crippen molar-refractivity contribution in [2.75, 3.05) is 5.32 Å². The van der Waals surface area contributed by atoms with E-state index in [9.17, 15) is 14.0 Å². The van der Waals surface area contributed by atoms with Crippen LogP contribution in [-0.4, -0.2) is 15.5 Å². The van der Waals surface area contributed by atoms with Crippen molar-refractivity contribution in [3.63, 3.8) is 0 Å². The zero-order valence-corrected chi connectivity index (χ0v) is 15.3. The summed E-state index contributed by atoms with van der Waals surface area (Å²) in [5.41, 5.74) is 1.79. The zero-order chi connectivity index (χ0) is 19.0. The molecule has 0 bridgehead atoms. The van der Waals surface area contributed by atoms with E-state index in [0.29, 0.717) is 26.0 Å². The van der Waals surface area contributed by atoms with Crippen molar-refractivity contribution < 1.29 is 9.18 Å². The maximum atomic E-state index is 14.1. The third-order valence-corrected chi connectivity index (χ3v) is 5.49. The minimum absolute atomic E-state index is 0.158. The average Bonchev–Trinajstić information content (AvgIpc) is 3.05. The van der Waals surface area contributed by atoms with Gasteiger partial charge in [0.25, 0.3) is 5.56 Å².